The SMILES string of the molecule is CCNC(Cc1ccc(Cl)c(F)c1)C1CSCCS1. The third kappa shape index (κ3) is 4.55. The van der Waals surface area contributed by atoms with Crippen LogP contribution in [0.4, 0.5) is 4.39 Å². The van der Waals surface area contributed by atoms with Crippen LogP contribution in [-0.4, -0.2) is 35.1 Å². The third-order valence-corrected chi connectivity index (χ3v) is 6.42. The Kier molecular flexibility index (Phi) is 6.33. The van der Waals surface area contributed by atoms with Crippen molar-refractivity contribution < 1.29 is 4.39 Å². The van der Waals surface area contributed by atoms with E-state index in [1.54, 1.807) is 12.1 Å². The van der Waals surface area contributed by atoms with Gasteiger partial charge in [0.1, 0.15) is 5.82 Å². The molecule has 1 aromatic carbocycles. The number of hydrogen-bond acceptors (Lipinski definition) is 3. The van der Waals surface area contributed by atoms with Crippen LogP contribution in [0.1, 0.15) is 12.5 Å². The number of rotatable bonds is 5. The minimum Gasteiger partial charge on any atom is -0.313 e. The Balaban J connectivity index is 2.04. The Morgan fingerprint density at radius 2 is 2.32 bits per heavy atom. The molecule has 0 aliphatic carbocycles. The molecular formula is C14H19ClFNS2. The maximum atomic E-state index is 13.5. The van der Waals surface area contributed by atoms with Crippen molar-refractivity contribution in [2.45, 2.75) is 24.6 Å². The molecule has 0 saturated carbocycles. The Bertz CT molecular complexity index is 410. The van der Waals surface area contributed by atoms with Crippen LogP contribution in [0, 0.1) is 5.82 Å². The molecule has 1 heterocycles. The van der Waals surface area contributed by atoms with Gasteiger partial charge in [0.2, 0.25) is 0 Å². The number of thioether (sulfide) groups is 2. The summed E-state index contributed by atoms with van der Waals surface area (Å²) in [6.07, 6.45) is 0.861. The highest BCUT2D eigenvalue weighted by Gasteiger charge is 2.24. The lowest BCUT2D eigenvalue weighted by atomic mass is 10.0. The minimum absolute atomic E-state index is 0.200. The van der Waals surface area contributed by atoms with E-state index in [0.717, 1.165) is 18.5 Å². The molecule has 1 saturated heterocycles. The molecular weight excluding hydrogens is 301 g/mol. The van der Waals surface area contributed by atoms with Crippen molar-refractivity contribution in [2.24, 2.45) is 0 Å². The van der Waals surface area contributed by atoms with Gasteiger partial charge in [-0.25, -0.2) is 4.39 Å². The topological polar surface area (TPSA) is 12.0 Å². The van der Waals surface area contributed by atoms with Gasteiger partial charge >= 0.3 is 0 Å². The summed E-state index contributed by atoms with van der Waals surface area (Å²) in [5.74, 6) is 3.32. The summed E-state index contributed by atoms with van der Waals surface area (Å²) >= 11 is 9.78. The van der Waals surface area contributed by atoms with Gasteiger partial charge in [0.15, 0.2) is 0 Å². The number of halogens is 2. The molecule has 5 heteroatoms. The van der Waals surface area contributed by atoms with Crippen molar-refractivity contribution in [3.05, 3.63) is 34.6 Å². The molecule has 0 bridgehead atoms. The molecule has 0 spiro atoms. The van der Waals surface area contributed by atoms with Crippen LogP contribution in [0.25, 0.3) is 0 Å². The smallest absolute Gasteiger partial charge is 0.142 e. The van der Waals surface area contributed by atoms with E-state index >= 15 is 0 Å². The van der Waals surface area contributed by atoms with Crippen LogP contribution >= 0.6 is 35.1 Å². The lowest BCUT2D eigenvalue weighted by molar-refractivity contribution is 0.520. The first-order chi connectivity index (χ1) is 9.20. The Morgan fingerprint density at radius 1 is 1.47 bits per heavy atom. The van der Waals surface area contributed by atoms with Gasteiger partial charge in [0, 0.05) is 28.6 Å². The van der Waals surface area contributed by atoms with Gasteiger partial charge in [0.25, 0.3) is 0 Å². The van der Waals surface area contributed by atoms with Gasteiger partial charge in [-0.05, 0) is 30.7 Å². The van der Waals surface area contributed by atoms with Crippen molar-refractivity contribution in [2.75, 3.05) is 23.8 Å². The van der Waals surface area contributed by atoms with Crippen LogP contribution < -0.4 is 5.32 Å². The average molecular weight is 320 g/mol. The molecule has 1 N–H and O–H groups in total. The van der Waals surface area contributed by atoms with E-state index < -0.39 is 0 Å². The molecule has 2 unspecified atom stereocenters. The molecule has 0 amide bonds. The molecule has 106 valence electrons. The summed E-state index contributed by atoms with van der Waals surface area (Å²) in [7, 11) is 0. The van der Waals surface area contributed by atoms with Crippen molar-refractivity contribution >= 4 is 35.1 Å². The summed E-state index contributed by atoms with van der Waals surface area (Å²) < 4.78 is 13.5. The largest absolute Gasteiger partial charge is 0.313 e. The van der Waals surface area contributed by atoms with E-state index in [9.17, 15) is 4.39 Å². The highest BCUT2D eigenvalue weighted by atomic mass is 35.5. The molecule has 19 heavy (non-hydrogen) atoms. The van der Waals surface area contributed by atoms with Gasteiger partial charge in [-0.15, -0.1) is 0 Å². The van der Waals surface area contributed by atoms with Crippen LogP contribution in [0.3, 0.4) is 0 Å². The second-order valence-corrected chi connectivity index (χ2v) is 7.51. The molecule has 1 fully saturated rings. The second kappa shape index (κ2) is 7.77. The van der Waals surface area contributed by atoms with Gasteiger partial charge in [-0.1, -0.05) is 24.6 Å². The first kappa shape index (κ1) is 15.5. The van der Waals surface area contributed by atoms with Crippen molar-refractivity contribution in [3.63, 3.8) is 0 Å². The standard InChI is InChI=1S/C14H19ClFNS2/c1-2-17-13(14-9-18-5-6-19-14)8-10-3-4-11(15)12(16)7-10/h3-4,7,13-14,17H,2,5-6,8-9H2,1H3. The molecule has 2 rings (SSSR count). The lowest BCUT2D eigenvalue weighted by Gasteiger charge is -2.30. The number of benzene rings is 1. The fourth-order valence-corrected chi connectivity index (χ4v) is 5.26. The van der Waals surface area contributed by atoms with Gasteiger partial charge in [-0.2, -0.15) is 23.5 Å². The summed E-state index contributed by atoms with van der Waals surface area (Å²) in [5.41, 5.74) is 1.02. The third-order valence-electron chi connectivity index (χ3n) is 3.20. The van der Waals surface area contributed by atoms with Gasteiger partial charge < -0.3 is 5.32 Å². The maximum absolute atomic E-state index is 13.5. The Hall–Kier alpha value is 0.1000. The predicted molar refractivity (Wildman–Crippen MR) is 86.1 cm³/mol. The van der Waals surface area contributed by atoms with Crippen molar-refractivity contribution in [1.29, 1.82) is 0 Å². The first-order valence-corrected chi connectivity index (χ1v) is 9.15. The first-order valence-electron chi connectivity index (χ1n) is 6.57. The summed E-state index contributed by atoms with van der Waals surface area (Å²) in [6, 6.07) is 5.55. The summed E-state index contributed by atoms with van der Waals surface area (Å²) in [4.78, 5) is 0. The lowest BCUT2D eigenvalue weighted by Crippen LogP contribution is -2.42. The van der Waals surface area contributed by atoms with Crippen molar-refractivity contribution in [1.82, 2.24) is 5.32 Å². The van der Waals surface area contributed by atoms with E-state index in [1.807, 2.05) is 29.6 Å². The van der Waals surface area contributed by atoms with Gasteiger partial charge in [-0.3, -0.25) is 0 Å². The van der Waals surface area contributed by atoms with Gasteiger partial charge in [0.05, 0.1) is 5.02 Å². The quantitative estimate of drug-likeness (QED) is 0.885. The molecule has 0 radical (unpaired) electrons. The predicted octanol–water partition coefficient (Wildman–Crippen LogP) is 3.85. The van der Waals surface area contributed by atoms with Crippen molar-refractivity contribution in [3.8, 4) is 0 Å². The zero-order valence-corrected chi connectivity index (χ0v) is 13.4. The van der Waals surface area contributed by atoms with E-state index in [0.29, 0.717) is 11.3 Å². The Labute approximate surface area is 128 Å². The Morgan fingerprint density at radius 3 is 2.95 bits per heavy atom. The van der Waals surface area contributed by atoms with Crippen LogP contribution in [0.15, 0.2) is 18.2 Å². The van der Waals surface area contributed by atoms with E-state index in [2.05, 4.69) is 12.2 Å². The fraction of sp³-hybridized carbons (Fsp3) is 0.571. The van der Waals surface area contributed by atoms with Crippen LogP contribution in [0.2, 0.25) is 5.02 Å². The molecule has 1 aromatic rings. The molecule has 1 aliphatic rings. The van der Waals surface area contributed by atoms with Crippen LogP contribution in [-0.2, 0) is 6.42 Å². The highest BCUT2D eigenvalue weighted by molar-refractivity contribution is 8.06. The van der Waals surface area contributed by atoms with Crippen LogP contribution in [0.5, 0.6) is 0 Å². The maximum Gasteiger partial charge on any atom is 0.142 e. The van der Waals surface area contributed by atoms with E-state index in [4.69, 9.17) is 11.6 Å². The minimum atomic E-state index is -0.319. The second-order valence-electron chi connectivity index (χ2n) is 4.60. The summed E-state index contributed by atoms with van der Waals surface area (Å²) in [5, 5.41) is 4.35. The highest BCUT2D eigenvalue weighted by Crippen LogP contribution is 2.28. The number of likely N-dealkylation sites (N-methyl/N-ethyl adjacent to an activating group) is 1. The molecule has 0 aromatic heterocycles. The zero-order chi connectivity index (χ0) is 13.7. The van der Waals surface area contributed by atoms with E-state index in [1.165, 1.54) is 17.3 Å². The number of nitrogens with one attached hydrogen (secondary N) is 1. The molecule has 1 nitrogen and oxygen atoms in total. The molecule has 2 atom stereocenters. The number of hydrogen-bond donors (Lipinski definition) is 1. The monoisotopic (exact) mass is 319 g/mol. The zero-order valence-electron chi connectivity index (χ0n) is 11.0. The molecule has 1 aliphatic heterocycles. The normalized spacial score (nSPS) is 21.3. The summed E-state index contributed by atoms with van der Waals surface area (Å²) in [6.45, 7) is 3.07. The van der Waals surface area contributed by atoms with E-state index in [-0.39, 0.29) is 10.8 Å². The fourth-order valence-electron chi connectivity index (χ4n) is 2.26. The average Bonchev–Trinajstić information content (AvgIpc) is 2.43.